The summed E-state index contributed by atoms with van der Waals surface area (Å²) in [5.41, 5.74) is 2.55. The fourth-order valence-corrected chi connectivity index (χ4v) is 3.20. The van der Waals surface area contributed by atoms with Gasteiger partial charge >= 0.3 is 0 Å². The summed E-state index contributed by atoms with van der Waals surface area (Å²) in [7, 11) is 4.38. The topological polar surface area (TPSA) is 57.7 Å². The van der Waals surface area contributed by atoms with Crippen molar-refractivity contribution in [1.82, 2.24) is 4.98 Å². The molecule has 0 unspecified atom stereocenters. The molecule has 0 aliphatic carbocycles. The van der Waals surface area contributed by atoms with Gasteiger partial charge in [-0.1, -0.05) is 6.07 Å². The second-order valence-corrected chi connectivity index (χ2v) is 6.19. The molecular weight excluding hydrogens is 357 g/mol. The Labute approximate surface area is 154 Å². The van der Waals surface area contributed by atoms with E-state index < -0.39 is 11.6 Å². The molecule has 26 heavy (non-hydrogen) atoms. The molecule has 3 rings (SSSR count). The van der Waals surface area contributed by atoms with Crippen molar-refractivity contribution in [2.45, 2.75) is 0 Å². The van der Waals surface area contributed by atoms with E-state index in [-0.39, 0.29) is 11.1 Å². The molecule has 0 bridgehead atoms. The maximum atomic E-state index is 14.6. The van der Waals surface area contributed by atoms with E-state index in [9.17, 15) is 9.18 Å². The predicted octanol–water partition coefficient (Wildman–Crippen LogP) is 4.21. The van der Waals surface area contributed by atoms with E-state index in [0.717, 1.165) is 4.88 Å². The van der Waals surface area contributed by atoms with Crippen LogP contribution in [0.1, 0.15) is 15.9 Å². The molecule has 0 spiro atoms. The molecule has 0 saturated heterocycles. The van der Waals surface area contributed by atoms with Crippen LogP contribution < -0.4 is 14.2 Å². The van der Waals surface area contributed by atoms with Crippen molar-refractivity contribution in [2.24, 2.45) is 0 Å². The highest BCUT2D eigenvalue weighted by Gasteiger charge is 2.20. The Morgan fingerprint density at radius 3 is 2.23 bits per heavy atom. The van der Waals surface area contributed by atoms with E-state index in [0.29, 0.717) is 22.8 Å². The number of hydrogen-bond acceptors (Lipinski definition) is 6. The van der Waals surface area contributed by atoms with Crippen LogP contribution in [0.25, 0.3) is 10.4 Å². The molecule has 3 aromatic rings. The predicted molar refractivity (Wildman–Crippen MR) is 97.0 cm³/mol. The summed E-state index contributed by atoms with van der Waals surface area (Å²) in [5, 5.41) is 0. The summed E-state index contributed by atoms with van der Waals surface area (Å²) >= 11 is 1.40. The number of hydrogen-bond donors (Lipinski definition) is 0. The number of aromatic nitrogens is 1. The number of ether oxygens (including phenoxy) is 3. The summed E-state index contributed by atoms with van der Waals surface area (Å²) in [4.78, 5) is 17.6. The summed E-state index contributed by atoms with van der Waals surface area (Å²) < 4.78 is 30.3. The number of methoxy groups -OCH3 is 3. The lowest BCUT2D eigenvalue weighted by Gasteiger charge is -2.14. The Bertz CT molecular complexity index is 916. The number of benzene rings is 2. The van der Waals surface area contributed by atoms with Crippen molar-refractivity contribution < 1.29 is 23.4 Å². The fraction of sp³-hybridized carbons (Fsp3) is 0.158. The maximum Gasteiger partial charge on any atom is 0.203 e. The van der Waals surface area contributed by atoms with Crippen LogP contribution in [0.3, 0.4) is 0 Å². The van der Waals surface area contributed by atoms with Crippen LogP contribution in [-0.2, 0) is 0 Å². The molecule has 0 atom stereocenters. The summed E-state index contributed by atoms with van der Waals surface area (Å²) in [6.07, 6.45) is 1.65. The van der Waals surface area contributed by atoms with E-state index in [2.05, 4.69) is 4.98 Å². The normalized spacial score (nSPS) is 10.5. The molecule has 0 radical (unpaired) electrons. The molecule has 1 aromatic heterocycles. The lowest BCUT2D eigenvalue weighted by molar-refractivity contribution is 0.103. The van der Waals surface area contributed by atoms with Crippen LogP contribution in [0, 0.1) is 5.82 Å². The lowest BCUT2D eigenvalue weighted by Crippen LogP contribution is -2.06. The molecule has 1 heterocycles. The van der Waals surface area contributed by atoms with E-state index in [1.54, 1.807) is 17.8 Å². The largest absolute Gasteiger partial charge is 0.493 e. The molecule has 0 aliphatic heterocycles. The van der Waals surface area contributed by atoms with E-state index in [1.807, 2.05) is 0 Å². The van der Waals surface area contributed by atoms with Crippen molar-refractivity contribution in [1.29, 1.82) is 0 Å². The molecule has 0 saturated carbocycles. The zero-order chi connectivity index (χ0) is 18.7. The van der Waals surface area contributed by atoms with Gasteiger partial charge in [-0.25, -0.2) is 4.39 Å². The van der Waals surface area contributed by atoms with Crippen molar-refractivity contribution in [3.63, 3.8) is 0 Å². The lowest BCUT2D eigenvalue weighted by atomic mass is 10.00. The Morgan fingerprint density at radius 1 is 1.04 bits per heavy atom. The number of rotatable bonds is 6. The number of carbonyl (C=O) groups is 1. The number of halogens is 1. The summed E-state index contributed by atoms with van der Waals surface area (Å²) in [6, 6.07) is 7.50. The SMILES string of the molecule is COc1cc(C(=O)c2ccc(-c3cncs3)cc2F)cc(OC)c1OC. The van der Waals surface area contributed by atoms with Gasteiger partial charge in [0.2, 0.25) is 5.75 Å². The molecule has 134 valence electrons. The Hall–Kier alpha value is -2.93. The Balaban J connectivity index is 2.02. The maximum absolute atomic E-state index is 14.6. The molecule has 5 nitrogen and oxygen atoms in total. The molecular formula is C19H16FNO4S. The van der Waals surface area contributed by atoms with Crippen LogP contribution in [0.4, 0.5) is 4.39 Å². The standard InChI is InChI=1S/C19H16FNO4S/c1-23-15-7-12(8-16(24-2)19(15)25-3)18(22)13-5-4-11(6-14(13)20)17-9-21-10-26-17/h4-10H,1-3H3. The van der Waals surface area contributed by atoms with Crippen LogP contribution in [0.15, 0.2) is 42.0 Å². The van der Waals surface area contributed by atoms with Crippen molar-refractivity contribution >= 4 is 17.1 Å². The van der Waals surface area contributed by atoms with Gasteiger partial charge in [0.05, 0.1) is 37.3 Å². The van der Waals surface area contributed by atoms with E-state index in [4.69, 9.17) is 14.2 Å². The molecule has 7 heteroatoms. The first kappa shape index (κ1) is 17.9. The van der Waals surface area contributed by atoms with Gasteiger partial charge in [0.1, 0.15) is 5.82 Å². The van der Waals surface area contributed by atoms with Crippen LogP contribution >= 0.6 is 11.3 Å². The summed E-state index contributed by atoms with van der Waals surface area (Å²) in [6.45, 7) is 0. The zero-order valence-corrected chi connectivity index (χ0v) is 15.2. The van der Waals surface area contributed by atoms with Gasteiger partial charge in [-0.15, -0.1) is 11.3 Å². The third kappa shape index (κ3) is 3.25. The van der Waals surface area contributed by atoms with Gasteiger partial charge < -0.3 is 14.2 Å². The van der Waals surface area contributed by atoms with E-state index >= 15 is 0 Å². The van der Waals surface area contributed by atoms with Crippen molar-refractivity contribution in [3.8, 4) is 27.7 Å². The summed E-state index contributed by atoms with van der Waals surface area (Å²) in [5.74, 6) is -0.0476. The highest BCUT2D eigenvalue weighted by atomic mass is 32.1. The fourth-order valence-electron chi connectivity index (χ4n) is 2.58. The molecule has 0 N–H and O–H groups in total. The van der Waals surface area contributed by atoms with Gasteiger partial charge in [-0.2, -0.15) is 0 Å². The first-order chi connectivity index (χ1) is 12.6. The second kappa shape index (κ2) is 7.53. The minimum atomic E-state index is -0.602. The highest BCUT2D eigenvalue weighted by molar-refractivity contribution is 7.13. The smallest absolute Gasteiger partial charge is 0.203 e. The molecule has 2 aromatic carbocycles. The van der Waals surface area contributed by atoms with Gasteiger partial charge in [0, 0.05) is 11.8 Å². The number of nitrogens with zero attached hydrogens (tertiary/aromatic N) is 1. The average molecular weight is 373 g/mol. The molecule has 0 fully saturated rings. The number of carbonyl (C=O) groups excluding carboxylic acids is 1. The van der Waals surface area contributed by atoms with Crippen LogP contribution in [-0.4, -0.2) is 32.1 Å². The minimum absolute atomic E-state index is 0.0347. The Morgan fingerprint density at radius 2 is 1.73 bits per heavy atom. The van der Waals surface area contributed by atoms with Crippen molar-refractivity contribution in [3.05, 3.63) is 59.0 Å². The quantitative estimate of drug-likeness (QED) is 0.606. The first-order valence-corrected chi connectivity index (χ1v) is 8.50. The number of ketones is 1. The third-order valence-electron chi connectivity index (χ3n) is 3.86. The minimum Gasteiger partial charge on any atom is -0.493 e. The van der Waals surface area contributed by atoms with Crippen LogP contribution in [0.5, 0.6) is 17.2 Å². The van der Waals surface area contributed by atoms with Crippen LogP contribution in [0.2, 0.25) is 0 Å². The second-order valence-electron chi connectivity index (χ2n) is 5.30. The third-order valence-corrected chi connectivity index (χ3v) is 4.68. The average Bonchev–Trinajstić information content (AvgIpc) is 3.20. The van der Waals surface area contributed by atoms with Gasteiger partial charge in [-0.05, 0) is 29.8 Å². The highest BCUT2D eigenvalue weighted by Crippen LogP contribution is 2.39. The van der Waals surface area contributed by atoms with E-state index in [1.165, 1.54) is 56.9 Å². The van der Waals surface area contributed by atoms with Gasteiger partial charge in [0.25, 0.3) is 0 Å². The Kier molecular flexibility index (Phi) is 5.18. The zero-order valence-electron chi connectivity index (χ0n) is 14.4. The monoisotopic (exact) mass is 373 g/mol. The van der Waals surface area contributed by atoms with Gasteiger partial charge in [-0.3, -0.25) is 9.78 Å². The first-order valence-electron chi connectivity index (χ1n) is 7.62. The number of thiazole rings is 1. The van der Waals surface area contributed by atoms with Crippen molar-refractivity contribution in [2.75, 3.05) is 21.3 Å². The molecule has 0 amide bonds. The molecule has 0 aliphatic rings. The van der Waals surface area contributed by atoms with Gasteiger partial charge in [0.15, 0.2) is 17.3 Å².